The number of pyridine rings is 1. The summed E-state index contributed by atoms with van der Waals surface area (Å²) in [5.41, 5.74) is 4.02. The van der Waals surface area contributed by atoms with Crippen LogP contribution in [0.4, 0.5) is 0 Å². The summed E-state index contributed by atoms with van der Waals surface area (Å²) in [6.45, 7) is 2.27. The van der Waals surface area contributed by atoms with E-state index in [0.717, 1.165) is 27.4 Å². The Kier molecular flexibility index (Phi) is 4.61. The third-order valence-electron chi connectivity index (χ3n) is 6.28. The maximum absolute atomic E-state index is 9.72. The van der Waals surface area contributed by atoms with E-state index < -0.39 is 13.3 Å². The van der Waals surface area contributed by atoms with Gasteiger partial charge in [-0.15, -0.1) is 0 Å². The van der Waals surface area contributed by atoms with Gasteiger partial charge in [-0.25, -0.2) is 0 Å². The summed E-state index contributed by atoms with van der Waals surface area (Å²) >= 11 is -1.94. The molecule has 1 aromatic heterocycles. The second-order valence-electron chi connectivity index (χ2n) is 9.26. The Morgan fingerprint density at radius 1 is 0.774 bits per heavy atom. The molecular weight excluding hydrogens is 437 g/mol. The van der Waals surface area contributed by atoms with Crippen LogP contribution in [0.25, 0.3) is 43.6 Å². The second-order valence-corrected chi connectivity index (χ2v) is 19.8. The predicted molar refractivity (Wildman–Crippen MR) is 135 cm³/mol. The molecule has 5 rings (SSSR count). The number of hydrogen-bond donors (Lipinski definition) is 0. The van der Waals surface area contributed by atoms with Gasteiger partial charge in [0.05, 0.1) is 0 Å². The van der Waals surface area contributed by atoms with Crippen LogP contribution in [0, 0.1) is 18.3 Å². The van der Waals surface area contributed by atoms with Gasteiger partial charge in [-0.3, -0.25) is 0 Å². The van der Waals surface area contributed by atoms with Crippen LogP contribution in [-0.4, -0.2) is 18.3 Å². The van der Waals surface area contributed by atoms with Crippen molar-refractivity contribution < 1.29 is 0 Å². The zero-order valence-corrected chi connectivity index (χ0v) is 20.4. The first-order valence-electron chi connectivity index (χ1n) is 10.6. The Bertz CT molecular complexity index is 1540. The summed E-state index contributed by atoms with van der Waals surface area (Å²) in [7, 11) is 0. The van der Waals surface area contributed by atoms with Crippen molar-refractivity contribution in [1.29, 1.82) is 5.26 Å². The fourth-order valence-corrected chi connectivity index (χ4v) is 8.67. The third-order valence-corrected chi connectivity index (χ3v) is 10.8. The van der Waals surface area contributed by atoms with Gasteiger partial charge < -0.3 is 0 Å². The molecule has 0 N–H and O–H groups in total. The van der Waals surface area contributed by atoms with Crippen LogP contribution in [0.3, 0.4) is 0 Å². The number of aromatic nitrogens is 1. The SMILES string of the molecule is Cc1[c]([Ge]([CH3])([CH3])[CH3])ccc2c1ccc1c(-c3cc(C#N)c4ccccc4c3)nccc12. The molecule has 0 saturated carbocycles. The third kappa shape index (κ3) is 3.21. The molecule has 4 aromatic carbocycles. The first-order chi connectivity index (χ1) is 14.9. The van der Waals surface area contributed by atoms with Gasteiger partial charge in [0.25, 0.3) is 0 Å². The Hall–Kier alpha value is -3.16. The number of fused-ring (bicyclic) bond motifs is 4. The molecule has 0 amide bonds. The minimum atomic E-state index is -1.94. The molecule has 2 nitrogen and oxygen atoms in total. The Balaban J connectivity index is 1.81. The van der Waals surface area contributed by atoms with Crippen molar-refractivity contribution in [3.05, 3.63) is 84.1 Å². The maximum atomic E-state index is 9.72. The molecule has 3 heteroatoms. The minimum absolute atomic E-state index is 0.685. The van der Waals surface area contributed by atoms with Gasteiger partial charge in [-0.2, -0.15) is 0 Å². The molecule has 0 saturated heterocycles. The first kappa shape index (κ1) is 19.8. The van der Waals surface area contributed by atoms with Crippen molar-refractivity contribution in [3.63, 3.8) is 0 Å². The molecule has 0 atom stereocenters. The molecule has 5 aromatic rings. The van der Waals surface area contributed by atoms with Crippen LogP contribution in [-0.2, 0) is 0 Å². The van der Waals surface area contributed by atoms with Gasteiger partial charge in [-0.05, 0) is 0 Å². The van der Waals surface area contributed by atoms with Crippen LogP contribution in [0.1, 0.15) is 11.1 Å². The normalized spacial score (nSPS) is 11.8. The van der Waals surface area contributed by atoms with E-state index in [1.54, 1.807) is 4.40 Å². The quantitative estimate of drug-likeness (QED) is 0.211. The summed E-state index contributed by atoms with van der Waals surface area (Å²) in [6.07, 6.45) is 1.89. The van der Waals surface area contributed by atoms with Gasteiger partial charge in [0.1, 0.15) is 0 Å². The van der Waals surface area contributed by atoms with Crippen LogP contribution >= 0.6 is 0 Å². The van der Waals surface area contributed by atoms with Crippen molar-refractivity contribution >= 4 is 50.0 Å². The number of hydrogen-bond acceptors (Lipinski definition) is 2. The zero-order chi connectivity index (χ0) is 21.8. The summed E-state index contributed by atoms with van der Waals surface area (Å²) < 4.78 is 1.56. The second kappa shape index (κ2) is 7.22. The molecule has 0 unspecified atom stereocenters. The van der Waals surface area contributed by atoms with E-state index in [4.69, 9.17) is 4.98 Å². The van der Waals surface area contributed by atoms with Crippen LogP contribution in [0.2, 0.25) is 17.3 Å². The van der Waals surface area contributed by atoms with E-state index in [2.05, 4.69) is 72.7 Å². The number of aryl methyl sites for hydroxylation is 1. The summed E-state index contributed by atoms with van der Waals surface area (Å²) in [5.74, 6) is 7.34. The fraction of sp³-hybridized carbons (Fsp3) is 0.143. The van der Waals surface area contributed by atoms with Crippen molar-refractivity contribution in [2.24, 2.45) is 0 Å². The predicted octanol–water partition coefficient (Wildman–Crippen LogP) is 6.93. The molecule has 0 bridgehead atoms. The van der Waals surface area contributed by atoms with E-state index in [1.165, 1.54) is 21.7 Å². The molecule has 150 valence electrons. The van der Waals surface area contributed by atoms with Gasteiger partial charge >= 0.3 is 180 Å². The molecule has 0 aliphatic carbocycles. The summed E-state index contributed by atoms with van der Waals surface area (Å²) in [5, 5.41) is 16.7. The fourth-order valence-electron chi connectivity index (χ4n) is 4.80. The van der Waals surface area contributed by atoms with E-state index in [9.17, 15) is 5.26 Å². The van der Waals surface area contributed by atoms with Crippen molar-refractivity contribution in [3.8, 4) is 17.3 Å². The van der Waals surface area contributed by atoms with E-state index >= 15 is 0 Å². The number of nitriles is 1. The van der Waals surface area contributed by atoms with Gasteiger partial charge in [0, 0.05) is 0 Å². The van der Waals surface area contributed by atoms with E-state index in [1.807, 2.05) is 30.5 Å². The number of nitrogens with zero attached hydrogens (tertiary/aromatic N) is 2. The van der Waals surface area contributed by atoms with Gasteiger partial charge in [-0.1, -0.05) is 6.07 Å². The molecule has 0 fully saturated rings. The molecule has 1 heterocycles. The monoisotopic (exact) mass is 462 g/mol. The average Bonchev–Trinajstić information content (AvgIpc) is 2.77. The number of rotatable bonds is 2. The van der Waals surface area contributed by atoms with Crippen molar-refractivity contribution in [2.75, 3.05) is 0 Å². The first-order valence-corrected chi connectivity index (χ1v) is 18.0. The Labute approximate surface area is 185 Å². The van der Waals surface area contributed by atoms with Crippen molar-refractivity contribution in [1.82, 2.24) is 4.98 Å². The Morgan fingerprint density at radius 3 is 2.26 bits per heavy atom. The topological polar surface area (TPSA) is 36.7 Å². The zero-order valence-electron chi connectivity index (χ0n) is 18.3. The standard InChI is InChI=1S/C28H24GeN2/c1-18-22-9-10-26-25(24(22)11-12-27(18)29(2,3)4)13-14-31-28(26)20-15-19-7-5-6-8-23(19)21(16-20)17-30/h5-16H,1-4H3. The molecule has 0 radical (unpaired) electrons. The molecular formula is C28H24GeN2. The molecule has 31 heavy (non-hydrogen) atoms. The molecule has 0 spiro atoms. The average molecular weight is 461 g/mol. The van der Waals surface area contributed by atoms with Gasteiger partial charge in [0.2, 0.25) is 0 Å². The molecule has 0 aliphatic heterocycles. The van der Waals surface area contributed by atoms with Crippen LogP contribution in [0.5, 0.6) is 0 Å². The van der Waals surface area contributed by atoms with E-state index in [0.29, 0.717) is 5.56 Å². The number of benzene rings is 4. The Morgan fingerprint density at radius 2 is 1.48 bits per heavy atom. The van der Waals surface area contributed by atoms with E-state index in [-0.39, 0.29) is 0 Å². The van der Waals surface area contributed by atoms with Gasteiger partial charge in [0.15, 0.2) is 0 Å². The molecule has 0 aliphatic rings. The van der Waals surface area contributed by atoms with Crippen LogP contribution < -0.4 is 4.40 Å². The van der Waals surface area contributed by atoms with Crippen LogP contribution in [0.15, 0.2) is 72.9 Å². The summed E-state index contributed by atoms with van der Waals surface area (Å²) in [6, 6.07) is 25.7. The summed E-state index contributed by atoms with van der Waals surface area (Å²) in [4.78, 5) is 4.75. The van der Waals surface area contributed by atoms with Crippen molar-refractivity contribution in [2.45, 2.75) is 24.2 Å².